The number of benzene rings is 2. The van der Waals surface area contributed by atoms with Gasteiger partial charge in [0.05, 0.1) is 20.8 Å². The van der Waals surface area contributed by atoms with E-state index in [1.165, 1.54) is 24.8 Å². The maximum atomic E-state index is 6.11. The summed E-state index contributed by atoms with van der Waals surface area (Å²) >= 11 is 0. The molecule has 0 aromatic heterocycles. The third-order valence-electron chi connectivity index (χ3n) is 5.36. The van der Waals surface area contributed by atoms with Crippen LogP contribution in [0.25, 0.3) is 0 Å². The van der Waals surface area contributed by atoms with E-state index in [0.717, 1.165) is 18.5 Å². The zero-order chi connectivity index (χ0) is 19.1. The van der Waals surface area contributed by atoms with Gasteiger partial charge in [0, 0.05) is 6.54 Å². The normalized spacial score (nSPS) is 15.1. The first-order valence-electron chi connectivity index (χ1n) is 9.43. The maximum Gasteiger partial charge on any atom is 0.188 e. The molecule has 1 aliphatic rings. The summed E-state index contributed by atoms with van der Waals surface area (Å²) < 4.78 is 10.6. The van der Waals surface area contributed by atoms with Gasteiger partial charge in [-0.25, -0.2) is 4.99 Å². The molecule has 0 amide bonds. The predicted octanol–water partition coefficient (Wildman–Crippen LogP) is 4.14. The van der Waals surface area contributed by atoms with Crippen LogP contribution in [0, 0.1) is 5.41 Å². The lowest BCUT2D eigenvalue weighted by Crippen LogP contribution is -2.45. The molecule has 0 bridgehead atoms. The third-order valence-corrected chi connectivity index (χ3v) is 5.36. The highest BCUT2D eigenvalue weighted by Crippen LogP contribution is 2.43. The zero-order valence-corrected chi connectivity index (χ0v) is 18.9. The minimum Gasteiger partial charge on any atom is -0.493 e. The van der Waals surface area contributed by atoms with Crippen LogP contribution in [-0.2, 0) is 13.0 Å². The van der Waals surface area contributed by atoms with Gasteiger partial charge in [0.25, 0.3) is 0 Å². The van der Waals surface area contributed by atoms with E-state index in [9.17, 15) is 0 Å². The highest BCUT2D eigenvalue weighted by molar-refractivity contribution is 14.0. The molecule has 6 heteroatoms. The summed E-state index contributed by atoms with van der Waals surface area (Å²) in [5.74, 6) is 1.90. The van der Waals surface area contributed by atoms with E-state index in [2.05, 4.69) is 40.6 Å². The number of nitrogens with two attached hydrogens (primary N) is 1. The lowest BCUT2D eigenvalue weighted by Gasteiger charge is -2.42. The summed E-state index contributed by atoms with van der Waals surface area (Å²) in [4.78, 5) is 4.48. The van der Waals surface area contributed by atoms with E-state index in [4.69, 9.17) is 15.2 Å². The molecule has 2 aromatic rings. The molecule has 0 heterocycles. The van der Waals surface area contributed by atoms with Gasteiger partial charge in [0.15, 0.2) is 17.5 Å². The Morgan fingerprint density at radius 2 is 1.75 bits per heavy atom. The van der Waals surface area contributed by atoms with Crippen LogP contribution < -0.4 is 20.5 Å². The molecule has 0 atom stereocenters. The average Bonchev–Trinajstić information content (AvgIpc) is 2.68. The van der Waals surface area contributed by atoms with Crippen molar-refractivity contribution in [2.75, 3.05) is 20.8 Å². The van der Waals surface area contributed by atoms with Crippen molar-refractivity contribution >= 4 is 29.9 Å². The van der Waals surface area contributed by atoms with Crippen molar-refractivity contribution in [1.29, 1.82) is 0 Å². The fourth-order valence-corrected chi connectivity index (χ4v) is 3.61. The van der Waals surface area contributed by atoms with Gasteiger partial charge >= 0.3 is 0 Å². The Morgan fingerprint density at radius 3 is 2.36 bits per heavy atom. The molecule has 1 saturated carbocycles. The summed E-state index contributed by atoms with van der Waals surface area (Å²) in [5.41, 5.74) is 8.82. The third kappa shape index (κ3) is 5.77. The molecule has 1 aliphatic carbocycles. The van der Waals surface area contributed by atoms with E-state index < -0.39 is 0 Å². The van der Waals surface area contributed by atoms with E-state index in [1.54, 1.807) is 14.2 Å². The second-order valence-corrected chi connectivity index (χ2v) is 7.26. The number of methoxy groups -OCH3 is 2. The maximum absolute atomic E-state index is 6.11. The molecule has 2 aromatic carbocycles. The molecule has 0 unspecified atom stereocenters. The van der Waals surface area contributed by atoms with Crippen molar-refractivity contribution in [3.63, 3.8) is 0 Å². The minimum atomic E-state index is 0. The number of halogens is 1. The zero-order valence-electron chi connectivity index (χ0n) is 16.6. The van der Waals surface area contributed by atoms with Crippen molar-refractivity contribution < 1.29 is 9.47 Å². The predicted molar refractivity (Wildman–Crippen MR) is 125 cm³/mol. The van der Waals surface area contributed by atoms with Crippen LogP contribution in [0.2, 0.25) is 0 Å². The largest absolute Gasteiger partial charge is 0.493 e. The monoisotopic (exact) mass is 495 g/mol. The average molecular weight is 495 g/mol. The lowest BCUT2D eigenvalue weighted by atomic mass is 9.65. The summed E-state index contributed by atoms with van der Waals surface area (Å²) in [7, 11) is 3.26. The highest BCUT2D eigenvalue weighted by atomic mass is 127. The highest BCUT2D eigenvalue weighted by Gasteiger charge is 2.36. The number of hydrogen-bond donors (Lipinski definition) is 2. The number of hydrogen-bond acceptors (Lipinski definition) is 3. The molecule has 0 spiro atoms. The lowest BCUT2D eigenvalue weighted by molar-refractivity contribution is 0.137. The molecular weight excluding hydrogens is 465 g/mol. The van der Waals surface area contributed by atoms with Crippen LogP contribution in [0.5, 0.6) is 11.5 Å². The summed E-state index contributed by atoms with van der Waals surface area (Å²) in [6.07, 6.45) is 4.84. The molecule has 5 nitrogen and oxygen atoms in total. The van der Waals surface area contributed by atoms with Gasteiger partial charge in [-0.3, -0.25) is 0 Å². The molecule has 0 aliphatic heterocycles. The molecule has 1 fully saturated rings. The van der Waals surface area contributed by atoms with Crippen molar-refractivity contribution in [3.8, 4) is 11.5 Å². The quantitative estimate of drug-likeness (QED) is 0.328. The van der Waals surface area contributed by atoms with E-state index in [0.29, 0.717) is 29.4 Å². The minimum absolute atomic E-state index is 0. The second-order valence-electron chi connectivity index (χ2n) is 7.26. The summed E-state index contributed by atoms with van der Waals surface area (Å²) in [6.45, 7) is 1.37. The Hall–Kier alpha value is -1.96. The van der Waals surface area contributed by atoms with Gasteiger partial charge in [-0.15, -0.1) is 24.0 Å². The molecule has 0 radical (unpaired) electrons. The van der Waals surface area contributed by atoms with E-state index in [-0.39, 0.29) is 24.0 Å². The van der Waals surface area contributed by atoms with Gasteiger partial charge < -0.3 is 20.5 Å². The standard InChI is InChI=1S/C22H29N3O2.HI/c1-26-19-10-9-18(13-20(19)27-2)15-24-21(23)25-16-22(11-6-12-22)14-17-7-4-3-5-8-17;/h3-5,7-10,13H,6,11-12,14-16H2,1-2H3,(H3,23,24,25);1H. The molecule has 152 valence electrons. The number of nitrogens with zero attached hydrogens (tertiary/aromatic N) is 1. The first-order valence-corrected chi connectivity index (χ1v) is 9.43. The van der Waals surface area contributed by atoms with E-state index in [1.807, 2.05) is 18.2 Å². The van der Waals surface area contributed by atoms with Crippen molar-refractivity contribution in [2.24, 2.45) is 16.1 Å². The van der Waals surface area contributed by atoms with Crippen LogP contribution in [0.1, 0.15) is 30.4 Å². The topological polar surface area (TPSA) is 68.9 Å². The van der Waals surface area contributed by atoms with Crippen LogP contribution in [0.15, 0.2) is 53.5 Å². The molecule has 3 N–H and O–H groups in total. The Bertz CT molecular complexity index is 777. The summed E-state index contributed by atoms with van der Waals surface area (Å²) in [5, 5.41) is 3.34. The first kappa shape index (κ1) is 22.3. The fourth-order valence-electron chi connectivity index (χ4n) is 3.61. The Balaban J connectivity index is 0.00000280. The second kappa shape index (κ2) is 10.5. The SMILES string of the molecule is COc1ccc(CN=C(N)NCC2(Cc3ccccc3)CCC2)cc1OC.I. The molecule has 0 saturated heterocycles. The number of rotatable bonds is 8. The fraction of sp³-hybridized carbons (Fsp3) is 0.409. The van der Waals surface area contributed by atoms with Gasteiger partial charge in [-0.2, -0.15) is 0 Å². The first-order chi connectivity index (χ1) is 13.1. The van der Waals surface area contributed by atoms with E-state index >= 15 is 0 Å². The Morgan fingerprint density at radius 1 is 1.04 bits per heavy atom. The van der Waals surface area contributed by atoms with Gasteiger partial charge in [0.2, 0.25) is 0 Å². The molecule has 28 heavy (non-hydrogen) atoms. The Kier molecular flexibility index (Phi) is 8.41. The van der Waals surface area contributed by atoms with Crippen molar-refractivity contribution in [2.45, 2.75) is 32.2 Å². The van der Waals surface area contributed by atoms with Gasteiger partial charge in [-0.1, -0.05) is 42.8 Å². The summed E-state index contributed by atoms with van der Waals surface area (Å²) in [6, 6.07) is 16.5. The number of aliphatic imine (C=N–C) groups is 1. The molecular formula is C22H30IN3O2. The van der Waals surface area contributed by atoms with Crippen LogP contribution in [-0.4, -0.2) is 26.7 Å². The number of guanidine groups is 1. The van der Waals surface area contributed by atoms with Crippen LogP contribution in [0.3, 0.4) is 0 Å². The number of ether oxygens (including phenoxy) is 2. The Labute approximate surface area is 184 Å². The van der Waals surface area contributed by atoms with Gasteiger partial charge in [0.1, 0.15) is 0 Å². The van der Waals surface area contributed by atoms with Gasteiger partial charge in [-0.05, 0) is 47.9 Å². The van der Waals surface area contributed by atoms with Crippen molar-refractivity contribution in [1.82, 2.24) is 5.32 Å². The van der Waals surface area contributed by atoms with Crippen LogP contribution >= 0.6 is 24.0 Å². The number of nitrogens with one attached hydrogen (secondary N) is 1. The van der Waals surface area contributed by atoms with Crippen LogP contribution in [0.4, 0.5) is 0 Å². The molecule has 3 rings (SSSR count). The van der Waals surface area contributed by atoms with Crippen molar-refractivity contribution in [3.05, 3.63) is 59.7 Å². The smallest absolute Gasteiger partial charge is 0.188 e.